The van der Waals surface area contributed by atoms with Crippen molar-refractivity contribution in [1.82, 2.24) is 19.4 Å². The van der Waals surface area contributed by atoms with Crippen LogP contribution in [0.3, 0.4) is 0 Å². The lowest BCUT2D eigenvalue weighted by Gasteiger charge is -2.16. The van der Waals surface area contributed by atoms with Gasteiger partial charge < -0.3 is 4.90 Å². The minimum Gasteiger partial charge on any atom is -0.341 e. The molecule has 0 unspecified atom stereocenters. The highest BCUT2D eigenvalue weighted by molar-refractivity contribution is 7.89. The number of hydrogen-bond donors (Lipinski definition) is 1. The number of sulfonamides is 1. The van der Waals surface area contributed by atoms with Crippen LogP contribution >= 0.6 is 0 Å². The average Bonchev–Trinajstić information content (AvgIpc) is 2.92. The van der Waals surface area contributed by atoms with Gasteiger partial charge in [0.25, 0.3) is 0 Å². The van der Waals surface area contributed by atoms with Crippen LogP contribution in [-0.4, -0.2) is 42.6 Å². The van der Waals surface area contributed by atoms with Gasteiger partial charge in [0.2, 0.25) is 15.9 Å². The number of nitrogens with zero attached hydrogens (tertiary/aromatic N) is 3. The lowest BCUT2D eigenvalue weighted by Crippen LogP contribution is -2.31. The van der Waals surface area contributed by atoms with E-state index in [0.717, 1.165) is 17.7 Å². The third kappa shape index (κ3) is 4.87. The second kappa shape index (κ2) is 7.54. The minimum atomic E-state index is -3.75. The maximum atomic E-state index is 12.8. The topological polar surface area (TPSA) is 84.3 Å². The molecule has 0 saturated heterocycles. The summed E-state index contributed by atoms with van der Waals surface area (Å²) in [6.45, 7) is 0.368. The second-order valence-electron chi connectivity index (χ2n) is 5.37. The van der Waals surface area contributed by atoms with E-state index in [0.29, 0.717) is 6.54 Å². The van der Waals surface area contributed by atoms with Crippen LogP contribution in [0.5, 0.6) is 0 Å². The van der Waals surface area contributed by atoms with Crippen LogP contribution in [0.1, 0.15) is 12.0 Å². The largest absolute Gasteiger partial charge is 0.341 e. The molecule has 1 heterocycles. The third-order valence-corrected chi connectivity index (χ3v) is 4.84. The molecule has 0 atom stereocenters. The number of nitrogens with one attached hydrogen (secondary N) is 1. The molecule has 9 heteroatoms. The fourth-order valence-corrected chi connectivity index (χ4v) is 3.13. The van der Waals surface area contributed by atoms with Gasteiger partial charge in [-0.2, -0.15) is 5.10 Å². The summed E-state index contributed by atoms with van der Waals surface area (Å²) in [4.78, 5) is 13.5. The van der Waals surface area contributed by atoms with E-state index in [2.05, 4.69) is 9.82 Å². The molecule has 0 radical (unpaired) electrons. The van der Waals surface area contributed by atoms with E-state index in [9.17, 15) is 17.6 Å². The molecule has 0 aliphatic rings. The van der Waals surface area contributed by atoms with E-state index in [1.807, 2.05) is 0 Å². The number of carbonyl (C=O) groups is 1. The quantitative estimate of drug-likeness (QED) is 0.800. The number of aryl methyl sites for hydroxylation is 1. The SMILES string of the molecule is CN(Cc1cnn(C)c1)C(=O)CCNS(=O)(=O)c1ccc(F)cc1. The molecule has 2 aromatic rings. The number of hydrogen-bond acceptors (Lipinski definition) is 4. The molecule has 1 aromatic carbocycles. The first-order valence-electron chi connectivity index (χ1n) is 7.24. The van der Waals surface area contributed by atoms with E-state index in [1.54, 1.807) is 31.2 Å². The van der Waals surface area contributed by atoms with Crippen molar-refractivity contribution >= 4 is 15.9 Å². The molecule has 0 aliphatic carbocycles. The van der Waals surface area contributed by atoms with Gasteiger partial charge >= 0.3 is 0 Å². The molecule has 0 fully saturated rings. The third-order valence-electron chi connectivity index (χ3n) is 3.36. The monoisotopic (exact) mass is 354 g/mol. The Morgan fingerprint density at radius 2 is 2.00 bits per heavy atom. The fraction of sp³-hybridized carbons (Fsp3) is 0.333. The number of amides is 1. The molecule has 0 saturated carbocycles. The maximum absolute atomic E-state index is 12.8. The number of halogens is 1. The summed E-state index contributed by atoms with van der Waals surface area (Å²) in [6.07, 6.45) is 3.50. The van der Waals surface area contributed by atoms with Crippen molar-refractivity contribution in [2.75, 3.05) is 13.6 Å². The predicted octanol–water partition coefficient (Wildman–Crippen LogP) is 0.886. The first-order chi connectivity index (χ1) is 11.3. The van der Waals surface area contributed by atoms with Crippen molar-refractivity contribution in [2.24, 2.45) is 7.05 Å². The Morgan fingerprint density at radius 1 is 1.33 bits per heavy atom. The van der Waals surface area contributed by atoms with Crippen LogP contribution < -0.4 is 4.72 Å². The Balaban J connectivity index is 1.84. The lowest BCUT2D eigenvalue weighted by molar-refractivity contribution is -0.130. The van der Waals surface area contributed by atoms with Crippen molar-refractivity contribution in [3.05, 3.63) is 48.0 Å². The van der Waals surface area contributed by atoms with Crippen molar-refractivity contribution in [2.45, 2.75) is 17.9 Å². The zero-order valence-corrected chi connectivity index (χ0v) is 14.3. The Bertz CT molecular complexity index is 802. The highest BCUT2D eigenvalue weighted by Gasteiger charge is 2.15. The number of rotatable bonds is 7. The zero-order valence-electron chi connectivity index (χ0n) is 13.4. The van der Waals surface area contributed by atoms with Gasteiger partial charge in [-0.05, 0) is 24.3 Å². The Kier molecular flexibility index (Phi) is 5.68. The van der Waals surface area contributed by atoms with Gasteiger partial charge in [0.1, 0.15) is 5.82 Å². The van der Waals surface area contributed by atoms with Gasteiger partial charge in [0, 0.05) is 45.4 Å². The van der Waals surface area contributed by atoms with Gasteiger partial charge in [-0.25, -0.2) is 17.5 Å². The van der Waals surface area contributed by atoms with Crippen LogP contribution in [0.2, 0.25) is 0 Å². The van der Waals surface area contributed by atoms with Crippen LogP contribution in [0, 0.1) is 5.82 Å². The van der Waals surface area contributed by atoms with Crippen molar-refractivity contribution < 1.29 is 17.6 Å². The first kappa shape index (κ1) is 18.1. The Hall–Kier alpha value is -2.26. The predicted molar refractivity (Wildman–Crippen MR) is 85.9 cm³/mol. The van der Waals surface area contributed by atoms with Gasteiger partial charge in [-0.15, -0.1) is 0 Å². The second-order valence-corrected chi connectivity index (χ2v) is 7.14. The smallest absolute Gasteiger partial charge is 0.240 e. The first-order valence-corrected chi connectivity index (χ1v) is 8.73. The molecule has 1 amide bonds. The summed E-state index contributed by atoms with van der Waals surface area (Å²) >= 11 is 0. The summed E-state index contributed by atoms with van der Waals surface area (Å²) in [7, 11) is -0.325. The van der Waals surface area contributed by atoms with Gasteiger partial charge in [-0.3, -0.25) is 9.48 Å². The minimum absolute atomic E-state index is 0.0250. The van der Waals surface area contributed by atoms with E-state index in [-0.39, 0.29) is 23.8 Å². The highest BCUT2D eigenvalue weighted by atomic mass is 32.2. The molecule has 0 bridgehead atoms. The van der Waals surface area contributed by atoms with Crippen LogP contribution in [-0.2, 0) is 28.4 Å². The van der Waals surface area contributed by atoms with Crippen molar-refractivity contribution in [1.29, 1.82) is 0 Å². The molecule has 0 spiro atoms. The standard InChI is InChI=1S/C15H19FN4O3S/c1-19(10-12-9-17-20(2)11-12)15(21)7-8-18-24(22,23)14-5-3-13(16)4-6-14/h3-6,9,11,18H,7-8,10H2,1-2H3. The highest BCUT2D eigenvalue weighted by Crippen LogP contribution is 2.09. The Labute approximate surface area is 140 Å². The Morgan fingerprint density at radius 3 is 2.58 bits per heavy atom. The lowest BCUT2D eigenvalue weighted by atomic mass is 10.3. The summed E-state index contributed by atoms with van der Waals surface area (Å²) < 4.78 is 40.8. The summed E-state index contributed by atoms with van der Waals surface area (Å²) in [5.74, 6) is -0.707. The molecule has 2 rings (SSSR count). The molecule has 1 aromatic heterocycles. The van der Waals surface area contributed by atoms with Gasteiger partial charge in [-0.1, -0.05) is 0 Å². The van der Waals surface area contributed by atoms with Crippen LogP contribution in [0.4, 0.5) is 4.39 Å². The molecular weight excluding hydrogens is 335 g/mol. The molecule has 24 heavy (non-hydrogen) atoms. The zero-order chi connectivity index (χ0) is 17.7. The average molecular weight is 354 g/mol. The fourth-order valence-electron chi connectivity index (χ4n) is 2.10. The van der Waals surface area contributed by atoms with E-state index in [4.69, 9.17) is 0 Å². The number of carbonyl (C=O) groups excluding carboxylic acids is 1. The normalized spacial score (nSPS) is 11.5. The van der Waals surface area contributed by atoms with E-state index >= 15 is 0 Å². The van der Waals surface area contributed by atoms with E-state index < -0.39 is 15.8 Å². The van der Waals surface area contributed by atoms with Crippen LogP contribution in [0.15, 0.2) is 41.6 Å². The molecule has 130 valence electrons. The number of benzene rings is 1. The molecule has 1 N–H and O–H groups in total. The van der Waals surface area contributed by atoms with Gasteiger partial charge in [0.15, 0.2) is 0 Å². The summed E-state index contributed by atoms with van der Waals surface area (Å²) in [5, 5.41) is 4.02. The van der Waals surface area contributed by atoms with Crippen molar-refractivity contribution in [3.63, 3.8) is 0 Å². The van der Waals surface area contributed by atoms with E-state index in [1.165, 1.54) is 17.0 Å². The molecular formula is C15H19FN4O3S. The maximum Gasteiger partial charge on any atom is 0.240 e. The molecule has 0 aliphatic heterocycles. The number of aromatic nitrogens is 2. The van der Waals surface area contributed by atoms with Crippen LogP contribution in [0.25, 0.3) is 0 Å². The summed E-state index contributed by atoms with van der Waals surface area (Å²) in [5.41, 5.74) is 0.889. The molecule has 7 nitrogen and oxygen atoms in total. The van der Waals surface area contributed by atoms with Crippen molar-refractivity contribution in [3.8, 4) is 0 Å². The van der Waals surface area contributed by atoms with Gasteiger partial charge in [0.05, 0.1) is 11.1 Å². The summed E-state index contributed by atoms with van der Waals surface area (Å²) in [6, 6.07) is 4.49.